The van der Waals surface area contributed by atoms with Crippen molar-refractivity contribution in [2.24, 2.45) is 7.05 Å². The molecule has 0 amide bonds. The zero-order chi connectivity index (χ0) is 12.4. The first-order valence-corrected chi connectivity index (χ1v) is 5.25. The highest BCUT2D eigenvalue weighted by molar-refractivity contribution is 5.46. The highest BCUT2D eigenvalue weighted by Crippen LogP contribution is 2.16. The number of aromatic nitrogens is 2. The van der Waals surface area contributed by atoms with Crippen LogP contribution in [0.3, 0.4) is 0 Å². The van der Waals surface area contributed by atoms with Crippen LogP contribution in [0.2, 0.25) is 0 Å². The molecule has 0 aliphatic carbocycles. The first-order valence-electron chi connectivity index (χ1n) is 5.25. The lowest BCUT2D eigenvalue weighted by molar-refractivity contribution is 0.500. The predicted octanol–water partition coefficient (Wildman–Crippen LogP) is 2.62. The van der Waals surface area contributed by atoms with Gasteiger partial charge in [-0.3, -0.25) is 4.68 Å². The van der Waals surface area contributed by atoms with Crippen molar-refractivity contribution in [1.82, 2.24) is 9.78 Å². The second kappa shape index (κ2) is 4.53. The fourth-order valence-corrected chi connectivity index (χ4v) is 1.65. The Labute approximate surface area is 98.1 Å². The number of hydrogen-bond acceptors (Lipinski definition) is 2. The highest BCUT2D eigenvalue weighted by Gasteiger charge is 2.08. The van der Waals surface area contributed by atoms with E-state index < -0.39 is 11.6 Å². The van der Waals surface area contributed by atoms with Crippen LogP contribution in [0.4, 0.5) is 14.5 Å². The van der Waals surface area contributed by atoms with Crippen molar-refractivity contribution < 1.29 is 8.78 Å². The average molecular weight is 237 g/mol. The molecule has 0 spiro atoms. The van der Waals surface area contributed by atoms with Gasteiger partial charge >= 0.3 is 0 Å². The molecule has 0 radical (unpaired) electrons. The lowest BCUT2D eigenvalue weighted by Gasteiger charge is -2.06. The quantitative estimate of drug-likeness (QED) is 0.889. The second-order valence-corrected chi connectivity index (χ2v) is 3.87. The van der Waals surface area contributed by atoms with E-state index in [-0.39, 0.29) is 6.54 Å². The van der Waals surface area contributed by atoms with Crippen LogP contribution in [0, 0.1) is 18.6 Å². The molecule has 2 rings (SSSR count). The first-order chi connectivity index (χ1) is 8.08. The van der Waals surface area contributed by atoms with Crippen LogP contribution in [-0.2, 0) is 13.6 Å². The maximum absolute atomic E-state index is 13.4. The standard InChI is InChI=1S/C12H13F2N3/c1-8-11(7-17(2)16-8)15-6-9-4-3-5-10(13)12(9)14/h3-5,7,15H,6H2,1-2H3. The number of nitrogens with one attached hydrogen (secondary N) is 1. The number of anilines is 1. The van der Waals surface area contributed by atoms with Gasteiger partial charge in [-0.25, -0.2) is 8.78 Å². The van der Waals surface area contributed by atoms with E-state index >= 15 is 0 Å². The van der Waals surface area contributed by atoms with Crippen molar-refractivity contribution in [3.8, 4) is 0 Å². The van der Waals surface area contributed by atoms with Crippen molar-refractivity contribution in [2.45, 2.75) is 13.5 Å². The summed E-state index contributed by atoms with van der Waals surface area (Å²) in [5.41, 5.74) is 1.94. The third-order valence-corrected chi connectivity index (χ3v) is 2.51. The minimum absolute atomic E-state index is 0.232. The summed E-state index contributed by atoms with van der Waals surface area (Å²) < 4.78 is 28.0. The highest BCUT2D eigenvalue weighted by atomic mass is 19.2. The third kappa shape index (κ3) is 2.43. The lowest BCUT2D eigenvalue weighted by atomic mass is 10.2. The van der Waals surface area contributed by atoms with Gasteiger partial charge in [0.2, 0.25) is 0 Å². The van der Waals surface area contributed by atoms with Crippen LogP contribution in [0.15, 0.2) is 24.4 Å². The van der Waals surface area contributed by atoms with Crippen molar-refractivity contribution in [3.05, 3.63) is 47.3 Å². The summed E-state index contributed by atoms with van der Waals surface area (Å²) in [6.07, 6.45) is 1.80. The molecule has 3 nitrogen and oxygen atoms in total. The Morgan fingerprint density at radius 1 is 1.35 bits per heavy atom. The van der Waals surface area contributed by atoms with Crippen molar-refractivity contribution in [2.75, 3.05) is 5.32 Å². The molecule has 0 atom stereocenters. The van der Waals surface area contributed by atoms with E-state index in [4.69, 9.17) is 0 Å². The van der Waals surface area contributed by atoms with E-state index in [0.717, 1.165) is 17.4 Å². The van der Waals surface area contributed by atoms with Gasteiger partial charge in [-0.2, -0.15) is 5.10 Å². The SMILES string of the molecule is Cc1nn(C)cc1NCc1cccc(F)c1F. The summed E-state index contributed by atoms with van der Waals surface area (Å²) in [4.78, 5) is 0. The summed E-state index contributed by atoms with van der Waals surface area (Å²) in [5, 5.41) is 7.18. The van der Waals surface area contributed by atoms with Gasteiger partial charge in [0.25, 0.3) is 0 Å². The Hall–Kier alpha value is -1.91. The van der Waals surface area contributed by atoms with Crippen LogP contribution in [0.5, 0.6) is 0 Å². The Morgan fingerprint density at radius 2 is 2.12 bits per heavy atom. The molecule has 0 saturated heterocycles. The van der Waals surface area contributed by atoms with E-state index in [2.05, 4.69) is 10.4 Å². The van der Waals surface area contributed by atoms with Gasteiger partial charge in [-0.05, 0) is 13.0 Å². The third-order valence-electron chi connectivity index (χ3n) is 2.51. The molecule has 1 heterocycles. The fourth-order valence-electron chi connectivity index (χ4n) is 1.65. The maximum Gasteiger partial charge on any atom is 0.163 e. The van der Waals surface area contributed by atoms with Crippen molar-refractivity contribution in [1.29, 1.82) is 0 Å². The van der Waals surface area contributed by atoms with Crippen LogP contribution in [0.25, 0.3) is 0 Å². The average Bonchev–Trinajstić information content (AvgIpc) is 2.60. The molecular weight excluding hydrogens is 224 g/mol. The number of hydrogen-bond donors (Lipinski definition) is 1. The normalized spacial score (nSPS) is 10.6. The largest absolute Gasteiger partial charge is 0.378 e. The maximum atomic E-state index is 13.4. The van der Waals surface area contributed by atoms with Gasteiger partial charge in [0.1, 0.15) is 0 Å². The summed E-state index contributed by atoms with van der Waals surface area (Å²) in [6, 6.07) is 4.15. The predicted molar refractivity (Wildman–Crippen MR) is 61.6 cm³/mol. The Balaban J connectivity index is 2.12. The minimum atomic E-state index is -0.827. The zero-order valence-electron chi connectivity index (χ0n) is 9.67. The van der Waals surface area contributed by atoms with Crippen molar-refractivity contribution in [3.63, 3.8) is 0 Å². The number of benzene rings is 1. The van der Waals surface area contributed by atoms with Crippen LogP contribution >= 0.6 is 0 Å². The summed E-state index contributed by atoms with van der Waals surface area (Å²) in [5.74, 6) is -1.63. The van der Waals surface area contributed by atoms with Crippen molar-refractivity contribution >= 4 is 5.69 Å². The van der Waals surface area contributed by atoms with E-state index in [1.54, 1.807) is 24.0 Å². The summed E-state index contributed by atoms with van der Waals surface area (Å²) in [6.45, 7) is 2.08. The smallest absolute Gasteiger partial charge is 0.163 e. The first kappa shape index (κ1) is 11.6. The fraction of sp³-hybridized carbons (Fsp3) is 0.250. The van der Waals surface area contributed by atoms with Crippen LogP contribution in [0.1, 0.15) is 11.3 Å². The molecule has 17 heavy (non-hydrogen) atoms. The van der Waals surface area contributed by atoms with Gasteiger partial charge < -0.3 is 5.32 Å². The Bertz CT molecular complexity index is 535. The molecule has 1 N–H and O–H groups in total. The Kier molecular flexibility index (Phi) is 3.08. The molecule has 2 aromatic rings. The van der Waals surface area contributed by atoms with E-state index in [0.29, 0.717) is 5.56 Å². The molecular formula is C12H13F2N3. The molecule has 90 valence electrons. The van der Waals surface area contributed by atoms with Gasteiger partial charge in [0.15, 0.2) is 11.6 Å². The zero-order valence-corrected chi connectivity index (χ0v) is 9.67. The van der Waals surface area contributed by atoms with Gasteiger partial charge in [0, 0.05) is 25.4 Å². The van der Waals surface area contributed by atoms with E-state index in [1.165, 1.54) is 6.07 Å². The van der Waals surface area contributed by atoms with E-state index in [1.807, 2.05) is 6.92 Å². The summed E-state index contributed by atoms with van der Waals surface area (Å²) in [7, 11) is 1.81. The monoisotopic (exact) mass is 237 g/mol. The number of halogens is 2. The molecule has 0 aliphatic rings. The molecule has 0 aliphatic heterocycles. The Morgan fingerprint density at radius 3 is 2.76 bits per heavy atom. The van der Waals surface area contributed by atoms with Gasteiger partial charge in [-0.15, -0.1) is 0 Å². The molecule has 0 bridgehead atoms. The number of rotatable bonds is 3. The molecule has 0 saturated carbocycles. The molecule has 1 aromatic carbocycles. The van der Waals surface area contributed by atoms with E-state index in [9.17, 15) is 8.78 Å². The minimum Gasteiger partial charge on any atom is -0.378 e. The van der Waals surface area contributed by atoms with Gasteiger partial charge in [0.05, 0.1) is 11.4 Å². The van der Waals surface area contributed by atoms with Crippen LogP contribution < -0.4 is 5.32 Å². The molecule has 1 aromatic heterocycles. The molecule has 0 unspecified atom stereocenters. The second-order valence-electron chi connectivity index (χ2n) is 3.87. The topological polar surface area (TPSA) is 29.9 Å². The molecule has 5 heteroatoms. The number of nitrogens with zero attached hydrogens (tertiary/aromatic N) is 2. The number of aryl methyl sites for hydroxylation is 2. The van der Waals surface area contributed by atoms with Gasteiger partial charge in [-0.1, -0.05) is 12.1 Å². The lowest BCUT2D eigenvalue weighted by Crippen LogP contribution is -2.03. The summed E-state index contributed by atoms with van der Waals surface area (Å²) >= 11 is 0. The molecule has 0 fully saturated rings. The van der Waals surface area contributed by atoms with Crippen LogP contribution in [-0.4, -0.2) is 9.78 Å².